The molecule has 5 nitrogen and oxygen atoms in total. The molecule has 0 radical (unpaired) electrons. The quantitative estimate of drug-likeness (QED) is 0.656. The summed E-state index contributed by atoms with van der Waals surface area (Å²) in [6, 6.07) is 5.78. The molecule has 0 aliphatic carbocycles. The van der Waals surface area contributed by atoms with E-state index in [9.17, 15) is 4.79 Å². The summed E-state index contributed by atoms with van der Waals surface area (Å²) in [5, 5.41) is 0.938. The van der Waals surface area contributed by atoms with Crippen LogP contribution >= 0.6 is 0 Å². The van der Waals surface area contributed by atoms with E-state index < -0.39 is 0 Å². The highest BCUT2D eigenvalue weighted by atomic mass is 16.6. The number of H-pyrrole nitrogens is 1. The number of hydrogen-bond donors (Lipinski definition) is 1. The second-order valence-corrected chi connectivity index (χ2v) is 4.51. The van der Waals surface area contributed by atoms with E-state index in [0.29, 0.717) is 6.61 Å². The van der Waals surface area contributed by atoms with Gasteiger partial charge in [0.25, 0.3) is 0 Å². The number of nitrogens with one attached hydrogen (secondary N) is 1. The van der Waals surface area contributed by atoms with Gasteiger partial charge in [0.15, 0.2) is 0 Å². The lowest BCUT2D eigenvalue weighted by Gasteiger charge is -2.07. The summed E-state index contributed by atoms with van der Waals surface area (Å²) in [6.45, 7) is 1.31. The highest BCUT2D eigenvalue weighted by molar-refractivity contribution is 5.92. The molecule has 1 atom stereocenters. The molecule has 19 heavy (non-hydrogen) atoms. The van der Waals surface area contributed by atoms with E-state index >= 15 is 0 Å². The fourth-order valence-electron chi connectivity index (χ4n) is 2.05. The number of methoxy groups -OCH3 is 1. The Bertz CT molecular complexity index is 601. The van der Waals surface area contributed by atoms with E-state index in [-0.39, 0.29) is 18.5 Å². The molecule has 1 aromatic heterocycles. The molecule has 1 saturated heterocycles. The predicted molar refractivity (Wildman–Crippen MR) is 69.3 cm³/mol. The normalized spacial score (nSPS) is 17.4. The number of aromatic amines is 1. The van der Waals surface area contributed by atoms with Crippen LogP contribution in [0.5, 0.6) is 5.75 Å². The Kier molecular flexibility index (Phi) is 3.13. The molecular weight excluding hydrogens is 246 g/mol. The molecule has 0 spiro atoms. The zero-order valence-electron chi connectivity index (χ0n) is 10.6. The Hall–Kier alpha value is -2.01. The second-order valence-electron chi connectivity index (χ2n) is 4.51. The van der Waals surface area contributed by atoms with Crippen molar-refractivity contribution in [2.75, 3.05) is 20.3 Å². The molecule has 1 aromatic carbocycles. The highest BCUT2D eigenvalue weighted by Crippen LogP contribution is 2.30. The number of carbonyl (C=O) groups is 1. The van der Waals surface area contributed by atoms with Crippen molar-refractivity contribution in [2.45, 2.75) is 12.5 Å². The van der Waals surface area contributed by atoms with Gasteiger partial charge >= 0.3 is 5.97 Å². The SMILES string of the molecule is COC(=O)Cc1c[nH]c2cccc(OCC3CO3)c12. The van der Waals surface area contributed by atoms with Crippen LogP contribution in [-0.2, 0) is 20.7 Å². The molecule has 2 heterocycles. The van der Waals surface area contributed by atoms with Crippen LogP contribution in [0.3, 0.4) is 0 Å². The lowest BCUT2D eigenvalue weighted by molar-refractivity contribution is -0.139. The van der Waals surface area contributed by atoms with Gasteiger partial charge in [-0.1, -0.05) is 6.07 Å². The maximum Gasteiger partial charge on any atom is 0.310 e. The van der Waals surface area contributed by atoms with E-state index in [1.807, 2.05) is 24.4 Å². The maximum atomic E-state index is 11.4. The number of rotatable bonds is 5. The van der Waals surface area contributed by atoms with Gasteiger partial charge in [-0.25, -0.2) is 0 Å². The Labute approximate surface area is 110 Å². The third-order valence-electron chi connectivity index (χ3n) is 3.14. The summed E-state index contributed by atoms with van der Waals surface area (Å²) < 4.78 is 15.6. The van der Waals surface area contributed by atoms with Crippen molar-refractivity contribution < 1.29 is 19.0 Å². The van der Waals surface area contributed by atoms with Gasteiger partial charge in [-0.15, -0.1) is 0 Å². The summed E-state index contributed by atoms with van der Waals surface area (Å²) in [7, 11) is 1.39. The second kappa shape index (κ2) is 4.93. The summed E-state index contributed by atoms with van der Waals surface area (Å²) in [5.74, 6) is 0.509. The van der Waals surface area contributed by atoms with Gasteiger partial charge in [-0.05, 0) is 17.7 Å². The van der Waals surface area contributed by atoms with E-state index in [1.165, 1.54) is 7.11 Å². The first-order chi connectivity index (χ1) is 9.28. The molecule has 1 fully saturated rings. The topological polar surface area (TPSA) is 63.9 Å². The minimum atomic E-state index is -0.263. The van der Waals surface area contributed by atoms with Crippen LogP contribution in [-0.4, -0.2) is 37.4 Å². The van der Waals surface area contributed by atoms with Gasteiger partial charge in [0.2, 0.25) is 0 Å². The third-order valence-corrected chi connectivity index (χ3v) is 3.14. The number of epoxide rings is 1. The van der Waals surface area contributed by atoms with Gasteiger partial charge in [0.05, 0.1) is 20.1 Å². The lowest BCUT2D eigenvalue weighted by Crippen LogP contribution is -2.06. The van der Waals surface area contributed by atoms with Crippen LogP contribution in [0.4, 0.5) is 0 Å². The van der Waals surface area contributed by atoms with Crippen molar-refractivity contribution in [2.24, 2.45) is 0 Å². The van der Waals surface area contributed by atoms with Crippen molar-refractivity contribution in [3.8, 4) is 5.75 Å². The van der Waals surface area contributed by atoms with Gasteiger partial charge in [-0.2, -0.15) is 0 Å². The Morgan fingerprint density at radius 3 is 3.11 bits per heavy atom. The monoisotopic (exact) mass is 261 g/mol. The zero-order chi connectivity index (χ0) is 13.2. The standard InChI is InChI=1S/C14H15NO4/c1-17-13(16)5-9-6-15-11-3-2-4-12(14(9)11)19-8-10-7-18-10/h2-4,6,10,15H,5,7-8H2,1H3. The van der Waals surface area contributed by atoms with E-state index in [0.717, 1.165) is 28.8 Å². The van der Waals surface area contributed by atoms with Crippen molar-refractivity contribution in [3.63, 3.8) is 0 Å². The van der Waals surface area contributed by atoms with Crippen molar-refractivity contribution >= 4 is 16.9 Å². The summed E-state index contributed by atoms with van der Waals surface area (Å²) in [6.07, 6.45) is 2.26. The Morgan fingerprint density at radius 2 is 2.37 bits per heavy atom. The summed E-state index contributed by atoms with van der Waals surface area (Å²) in [5.41, 5.74) is 1.84. The molecule has 1 N–H and O–H groups in total. The molecule has 0 saturated carbocycles. The van der Waals surface area contributed by atoms with Crippen molar-refractivity contribution in [3.05, 3.63) is 30.0 Å². The highest BCUT2D eigenvalue weighted by Gasteiger charge is 2.23. The average molecular weight is 261 g/mol. The summed E-state index contributed by atoms with van der Waals surface area (Å²) in [4.78, 5) is 14.6. The first-order valence-corrected chi connectivity index (χ1v) is 6.18. The Balaban J connectivity index is 1.90. The van der Waals surface area contributed by atoms with Crippen LogP contribution in [0.15, 0.2) is 24.4 Å². The fourth-order valence-corrected chi connectivity index (χ4v) is 2.05. The Morgan fingerprint density at radius 1 is 1.53 bits per heavy atom. The maximum absolute atomic E-state index is 11.4. The molecule has 5 heteroatoms. The van der Waals surface area contributed by atoms with Gasteiger partial charge in [0.1, 0.15) is 18.5 Å². The minimum absolute atomic E-state index is 0.207. The molecule has 3 rings (SSSR count). The van der Waals surface area contributed by atoms with Crippen molar-refractivity contribution in [1.82, 2.24) is 4.98 Å². The lowest BCUT2D eigenvalue weighted by atomic mass is 10.1. The van der Waals surface area contributed by atoms with Crippen LogP contribution in [0.1, 0.15) is 5.56 Å². The zero-order valence-corrected chi connectivity index (χ0v) is 10.6. The fraction of sp³-hybridized carbons (Fsp3) is 0.357. The van der Waals surface area contributed by atoms with Gasteiger partial charge in [-0.3, -0.25) is 4.79 Å². The largest absolute Gasteiger partial charge is 0.490 e. The number of aromatic nitrogens is 1. The molecule has 0 amide bonds. The number of benzene rings is 1. The van der Waals surface area contributed by atoms with E-state index in [1.54, 1.807) is 0 Å². The number of hydrogen-bond acceptors (Lipinski definition) is 4. The van der Waals surface area contributed by atoms with Crippen LogP contribution in [0.25, 0.3) is 10.9 Å². The number of esters is 1. The molecule has 1 aliphatic heterocycles. The smallest absolute Gasteiger partial charge is 0.310 e. The number of fused-ring (bicyclic) bond motifs is 1. The first kappa shape index (κ1) is 12.0. The molecule has 2 aromatic rings. The number of ether oxygens (including phenoxy) is 3. The van der Waals surface area contributed by atoms with E-state index in [2.05, 4.69) is 4.98 Å². The van der Waals surface area contributed by atoms with Gasteiger partial charge < -0.3 is 19.2 Å². The predicted octanol–water partition coefficient (Wildman–Crippen LogP) is 1.66. The van der Waals surface area contributed by atoms with Crippen molar-refractivity contribution in [1.29, 1.82) is 0 Å². The third kappa shape index (κ3) is 2.56. The van der Waals surface area contributed by atoms with Gasteiger partial charge in [0, 0.05) is 17.1 Å². The molecular formula is C14H15NO4. The van der Waals surface area contributed by atoms with Crippen LogP contribution in [0.2, 0.25) is 0 Å². The molecule has 0 bridgehead atoms. The van der Waals surface area contributed by atoms with Crippen LogP contribution < -0.4 is 4.74 Å². The molecule has 1 unspecified atom stereocenters. The summed E-state index contributed by atoms with van der Waals surface area (Å²) >= 11 is 0. The molecule has 100 valence electrons. The first-order valence-electron chi connectivity index (χ1n) is 6.18. The number of carbonyl (C=O) groups excluding carboxylic acids is 1. The molecule has 1 aliphatic rings. The van der Waals surface area contributed by atoms with E-state index in [4.69, 9.17) is 14.2 Å². The van der Waals surface area contributed by atoms with Crippen LogP contribution in [0, 0.1) is 0 Å². The minimum Gasteiger partial charge on any atom is -0.490 e. The average Bonchev–Trinajstić information content (AvgIpc) is 3.17.